The molecule has 3 aromatic heterocycles. The number of carbonyl (C=O) groups is 1. The number of nitrogens with zero attached hydrogens (tertiary/aromatic N) is 6. The summed E-state index contributed by atoms with van der Waals surface area (Å²) in [6.45, 7) is 5.45. The van der Waals surface area contributed by atoms with E-state index in [0.717, 1.165) is 16.5 Å². The van der Waals surface area contributed by atoms with Gasteiger partial charge in [0.2, 0.25) is 0 Å². The van der Waals surface area contributed by atoms with Crippen LogP contribution < -0.4 is 0 Å². The molecular weight excluding hydrogens is 458 g/mol. The first-order valence-electron chi connectivity index (χ1n) is 11.4. The number of rotatable bonds is 2. The van der Waals surface area contributed by atoms with Crippen molar-refractivity contribution in [2.45, 2.75) is 32.3 Å². The highest BCUT2D eigenvalue weighted by atomic mass is 16.6. The average molecular weight is 480 g/mol. The van der Waals surface area contributed by atoms with Crippen molar-refractivity contribution in [2.24, 2.45) is 10.9 Å². The predicted octanol–water partition coefficient (Wildman–Crippen LogP) is 5.09. The Balaban J connectivity index is 1.56. The van der Waals surface area contributed by atoms with Crippen LogP contribution in [-0.4, -0.2) is 42.5 Å². The fraction of sp³-hybridized carbons (Fsp3) is 0.231. The number of nitriles is 1. The largest absolute Gasteiger partial charge is 0.443 e. The Morgan fingerprint density at radius 2 is 1.97 bits per heavy atom. The second-order valence-corrected chi connectivity index (χ2v) is 9.64. The van der Waals surface area contributed by atoms with Gasteiger partial charge in [0.15, 0.2) is 5.82 Å². The van der Waals surface area contributed by atoms with Gasteiger partial charge in [-0.3, -0.25) is 9.67 Å². The standard InChI is InChI=1S/C26H21N7O3/c1-26(2,3)35-25(34)33-13-18(14-7-4-5-10-20(14)33)22-16(11-27)21(17-12-28-30-24(17)29-22)15-8-6-9-19-23(15)32-36-31-19/h4-10,12-13,16,21H,1-3H3,(H,28,30). The van der Waals surface area contributed by atoms with Gasteiger partial charge in [0.25, 0.3) is 0 Å². The van der Waals surface area contributed by atoms with E-state index < -0.39 is 23.5 Å². The molecular formula is C26H21N7O3. The molecule has 0 saturated carbocycles. The SMILES string of the molecule is CC(C)(C)OC(=O)n1cc(C2=Nc3[nH]ncc3C(c3cccc4nonc34)C2C#N)c2ccccc21. The van der Waals surface area contributed by atoms with Gasteiger partial charge in [0.05, 0.1) is 23.5 Å². The van der Waals surface area contributed by atoms with E-state index >= 15 is 0 Å². The van der Waals surface area contributed by atoms with Crippen LogP contribution in [0.1, 0.15) is 43.4 Å². The maximum atomic E-state index is 13.1. The highest BCUT2D eigenvalue weighted by molar-refractivity contribution is 6.16. The van der Waals surface area contributed by atoms with Crippen LogP contribution >= 0.6 is 0 Å². The second-order valence-electron chi connectivity index (χ2n) is 9.64. The lowest BCUT2D eigenvalue weighted by atomic mass is 9.76. The van der Waals surface area contributed by atoms with Gasteiger partial charge in [-0.05, 0) is 48.8 Å². The van der Waals surface area contributed by atoms with Gasteiger partial charge in [-0.2, -0.15) is 10.4 Å². The number of H-pyrrole nitrogens is 1. The number of nitrogens with one attached hydrogen (secondary N) is 1. The zero-order chi connectivity index (χ0) is 25.0. The molecule has 0 fully saturated rings. The van der Waals surface area contributed by atoms with Crippen LogP contribution in [0.5, 0.6) is 0 Å². The molecule has 1 aliphatic rings. The van der Waals surface area contributed by atoms with Crippen LogP contribution in [-0.2, 0) is 4.74 Å². The number of aromatic amines is 1. The highest BCUT2D eigenvalue weighted by Gasteiger charge is 2.39. The summed E-state index contributed by atoms with van der Waals surface area (Å²) in [5.74, 6) is -0.588. The Morgan fingerprint density at radius 1 is 1.14 bits per heavy atom. The lowest BCUT2D eigenvalue weighted by Crippen LogP contribution is -2.27. The third-order valence-electron chi connectivity index (χ3n) is 6.21. The molecule has 0 amide bonds. The Morgan fingerprint density at radius 3 is 2.78 bits per heavy atom. The highest BCUT2D eigenvalue weighted by Crippen LogP contribution is 2.44. The topological polar surface area (TPSA) is 135 Å². The molecule has 178 valence electrons. The van der Waals surface area contributed by atoms with E-state index in [1.165, 1.54) is 4.57 Å². The molecule has 6 rings (SSSR count). The number of carbonyl (C=O) groups excluding carboxylic acids is 1. The van der Waals surface area contributed by atoms with Crippen molar-refractivity contribution < 1.29 is 14.2 Å². The van der Waals surface area contributed by atoms with Crippen LogP contribution in [0.3, 0.4) is 0 Å². The Hall–Kier alpha value is -4.78. The van der Waals surface area contributed by atoms with E-state index in [1.54, 1.807) is 18.5 Å². The maximum Gasteiger partial charge on any atom is 0.419 e. The first-order chi connectivity index (χ1) is 17.4. The lowest BCUT2D eigenvalue weighted by molar-refractivity contribution is 0.0544. The fourth-order valence-electron chi connectivity index (χ4n) is 4.77. The van der Waals surface area contributed by atoms with Crippen molar-refractivity contribution in [3.8, 4) is 6.07 Å². The zero-order valence-electron chi connectivity index (χ0n) is 19.8. The number of hydrogen-bond acceptors (Lipinski definition) is 8. The van der Waals surface area contributed by atoms with E-state index in [0.29, 0.717) is 33.6 Å². The first-order valence-corrected chi connectivity index (χ1v) is 11.4. The van der Waals surface area contributed by atoms with Gasteiger partial charge in [-0.25, -0.2) is 14.4 Å². The third kappa shape index (κ3) is 3.36. The van der Waals surface area contributed by atoms with Crippen molar-refractivity contribution in [1.29, 1.82) is 5.26 Å². The Labute approximate surface area is 205 Å². The number of aromatic nitrogens is 5. The summed E-state index contributed by atoms with van der Waals surface area (Å²) >= 11 is 0. The van der Waals surface area contributed by atoms with Crippen LogP contribution in [0.25, 0.3) is 21.9 Å². The fourth-order valence-corrected chi connectivity index (χ4v) is 4.77. The van der Waals surface area contributed by atoms with Gasteiger partial charge in [-0.15, -0.1) is 0 Å². The molecule has 5 aromatic rings. The monoisotopic (exact) mass is 479 g/mol. The molecule has 1 aliphatic heterocycles. The van der Waals surface area contributed by atoms with E-state index in [-0.39, 0.29) is 0 Å². The Bertz CT molecular complexity index is 1710. The minimum atomic E-state index is -0.699. The van der Waals surface area contributed by atoms with Crippen molar-refractivity contribution in [3.63, 3.8) is 0 Å². The molecule has 4 heterocycles. The van der Waals surface area contributed by atoms with Crippen LogP contribution in [0.15, 0.2) is 64.5 Å². The van der Waals surface area contributed by atoms with E-state index in [9.17, 15) is 10.1 Å². The van der Waals surface area contributed by atoms with E-state index in [1.807, 2.05) is 57.2 Å². The number of fused-ring (bicyclic) bond motifs is 3. The summed E-state index contributed by atoms with van der Waals surface area (Å²) in [5.41, 5.74) is 3.91. The van der Waals surface area contributed by atoms with Crippen LogP contribution in [0.4, 0.5) is 10.6 Å². The number of ether oxygens (including phenoxy) is 1. The van der Waals surface area contributed by atoms with Gasteiger partial charge < -0.3 is 4.74 Å². The molecule has 0 aliphatic carbocycles. The average Bonchev–Trinajstić information content (AvgIpc) is 3.59. The lowest BCUT2D eigenvalue weighted by Gasteiger charge is -2.27. The number of aliphatic imine (C=N–C) groups is 1. The van der Waals surface area contributed by atoms with E-state index in [2.05, 4.69) is 26.6 Å². The molecule has 2 aromatic carbocycles. The summed E-state index contributed by atoms with van der Waals surface area (Å²) in [4.78, 5) is 17.9. The van der Waals surface area contributed by atoms with E-state index in [4.69, 9.17) is 14.4 Å². The summed E-state index contributed by atoms with van der Waals surface area (Å²) in [5, 5.41) is 26.5. The zero-order valence-corrected chi connectivity index (χ0v) is 19.8. The quantitative estimate of drug-likeness (QED) is 0.372. The maximum absolute atomic E-state index is 13.1. The molecule has 2 atom stereocenters. The minimum absolute atomic E-state index is 0.435. The number of benzene rings is 2. The second kappa shape index (κ2) is 7.88. The van der Waals surface area contributed by atoms with Crippen molar-refractivity contribution in [2.75, 3.05) is 0 Å². The minimum Gasteiger partial charge on any atom is -0.443 e. The molecule has 36 heavy (non-hydrogen) atoms. The number of para-hydroxylation sites is 1. The van der Waals surface area contributed by atoms with Gasteiger partial charge in [-0.1, -0.05) is 30.3 Å². The first kappa shape index (κ1) is 21.7. The van der Waals surface area contributed by atoms with Gasteiger partial charge >= 0.3 is 6.09 Å². The molecule has 2 unspecified atom stereocenters. The third-order valence-corrected chi connectivity index (χ3v) is 6.21. The smallest absolute Gasteiger partial charge is 0.419 e. The van der Waals surface area contributed by atoms with Gasteiger partial charge in [0.1, 0.15) is 22.6 Å². The van der Waals surface area contributed by atoms with Crippen molar-refractivity contribution in [1.82, 2.24) is 25.1 Å². The van der Waals surface area contributed by atoms with Crippen LogP contribution in [0, 0.1) is 17.2 Å². The summed E-state index contributed by atoms with van der Waals surface area (Å²) < 4.78 is 12.1. The molecule has 0 saturated heterocycles. The molecule has 0 radical (unpaired) electrons. The summed E-state index contributed by atoms with van der Waals surface area (Å²) in [6, 6.07) is 15.5. The predicted molar refractivity (Wildman–Crippen MR) is 131 cm³/mol. The normalized spacial score (nSPS) is 17.6. The molecule has 10 heteroatoms. The summed E-state index contributed by atoms with van der Waals surface area (Å²) in [6.07, 6.45) is 2.87. The molecule has 10 nitrogen and oxygen atoms in total. The molecule has 0 spiro atoms. The Kier molecular flexibility index (Phi) is 4.76. The van der Waals surface area contributed by atoms with Crippen molar-refractivity contribution >= 4 is 39.6 Å². The molecule has 1 N–H and O–H groups in total. The summed E-state index contributed by atoms with van der Waals surface area (Å²) in [7, 11) is 0. The van der Waals surface area contributed by atoms with Crippen LogP contribution in [0.2, 0.25) is 0 Å². The molecule has 0 bridgehead atoms. The van der Waals surface area contributed by atoms with Gasteiger partial charge in [0, 0.05) is 28.6 Å². The number of hydrogen-bond donors (Lipinski definition) is 1. The van der Waals surface area contributed by atoms with Crippen molar-refractivity contribution in [3.05, 3.63) is 71.5 Å².